The summed E-state index contributed by atoms with van der Waals surface area (Å²) < 4.78 is 15.5. The summed E-state index contributed by atoms with van der Waals surface area (Å²) in [7, 11) is -1.06. The fraction of sp³-hybridized carbons (Fsp3) is 0.667. The normalized spacial score (nSPS) is 16.3. The van der Waals surface area contributed by atoms with E-state index in [2.05, 4.69) is 25.6 Å². The van der Waals surface area contributed by atoms with Gasteiger partial charge in [0, 0.05) is 5.38 Å². The molecule has 2 atom stereocenters. The molecule has 0 fully saturated rings. The molecule has 3 nitrogen and oxygen atoms in total. The zero-order valence-electron chi connectivity index (χ0n) is 9.20. The molecule has 0 amide bonds. The van der Waals surface area contributed by atoms with E-state index < -0.39 is 11.0 Å². The van der Waals surface area contributed by atoms with Gasteiger partial charge in [-0.2, -0.15) is 0 Å². The van der Waals surface area contributed by atoms with E-state index in [4.69, 9.17) is 0 Å². The van der Waals surface area contributed by atoms with E-state index >= 15 is 0 Å². The molecule has 0 saturated heterocycles. The molecule has 15 heavy (non-hydrogen) atoms. The zero-order chi connectivity index (χ0) is 11.6. The molecule has 0 aliphatic rings. The van der Waals surface area contributed by atoms with Crippen LogP contribution in [0.4, 0.5) is 0 Å². The smallest absolute Gasteiger partial charge is 0.117 e. The van der Waals surface area contributed by atoms with E-state index in [1.54, 1.807) is 11.3 Å². The zero-order valence-corrected chi connectivity index (χ0v) is 12.4. The molecule has 0 aromatic carbocycles. The van der Waals surface area contributed by atoms with Crippen molar-refractivity contribution in [3.63, 3.8) is 0 Å². The van der Waals surface area contributed by atoms with Crippen molar-refractivity contribution in [1.29, 1.82) is 0 Å². The molecule has 1 unspecified atom stereocenters. The van der Waals surface area contributed by atoms with Gasteiger partial charge in [-0.25, -0.2) is 13.9 Å². The molecule has 0 saturated carbocycles. The van der Waals surface area contributed by atoms with Crippen LogP contribution in [0.25, 0.3) is 0 Å². The minimum atomic E-state index is -1.06. The summed E-state index contributed by atoms with van der Waals surface area (Å²) in [6.45, 7) is 7.80. The standard InChI is InChI=1S/C9H15BrN2OS2/c1-6(8-11-7(10)5-14-8)12-15(13)9(2,3)4/h5-6,12H,1-4H3/t6-,15?/m0/s1. The van der Waals surface area contributed by atoms with Crippen LogP contribution in [-0.2, 0) is 11.0 Å². The van der Waals surface area contributed by atoms with Crippen LogP contribution in [0.1, 0.15) is 38.7 Å². The van der Waals surface area contributed by atoms with Gasteiger partial charge in [-0.05, 0) is 43.6 Å². The van der Waals surface area contributed by atoms with Gasteiger partial charge in [0.05, 0.1) is 21.8 Å². The number of nitrogens with zero attached hydrogens (tertiary/aromatic N) is 1. The Hall–Kier alpha value is 0.220. The average molecular weight is 311 g/mol. The highest BCUT2D eigenvalue weighted by Crippen LogP contribution is 2.22. The third-order valence-electron chi connectivity index (χ3n) is 1.70. The molecule has 1 heterocycles. The van der Waals surface area contributed by atoms with Gasteiger partial charge in [0.1, 0.15) is 9.61 Å². The number of hydrogen-bond acceptors (Lipinski definition) is 3. The fourth-order valence-corrected chi connectivity index (χ4v) is 2.99. The number of rotatable bonds is 3. The molecule has 1 aromatic rings. The Balaban J connectivity index is 2.64. The predicted molar refractivity (Wildman–Crippen MR) is 69.3 cm³/mol. The summed E-state index contributed by atoms with van der Waals surface area (Å²) in [5, 5.41) is 2.87. The number of hydrogen-bond donors (Lipinski definition) is 1. The van der Waals surface area contributed by atoms with Crippen molar-refractivity contribution in [3.05, 3.63) is 15.0 Å². The quantitative estimate of drug-likeness (QED) is 0.932. The van der Waals surface area contributed by atoms with Crippen molar-refractivity contribution >= 4 is 38.3 Å². The molecular weight excluding hydrogens is 296 g/mol. The van der Waals surface area contributed by atoms with Gasteiger partial charge in [-0.1, -0.05) is 0 Å². The van der Waals surface area contributed by atoms with E-state index in [0.717, 1.165) is 9.61 Å². The maximum atomic E-state index is 11.8. The Kier molecular flexibility index (Phi) is 4.46. The van der Waals surface area contributed by atoms with Crippen LogP contribution in [0.3, 0.4) is 0 Å². The second kappa shape index (κ2) is 5.03. The lowest BCUT2D eigenvalue weighted by atomic mass is 10.3. The molecule has 6 heteroatoms. The van der Waals surface area contributed by atoms with Gasteiger partial charge in [0.25, 0.3) is 0 Å². The third kappa shape index (κ3) is 3.94. The minimum Gasteiger partial charge on any atom is -0.242 e. The summed E-state index contributed by atoms with van der Waals surface area (Å²) in [5.41, 5.74) is 0. The van der Waals surface area contributed by atoms with Gasteiger partial charge >= 0.3 is 0 Å². The second-order valence-electron chi connectivity index (χ2n) is 4.23. The average Bonchev–Trinajstić information content (AvgIpc) is 2.50. The number of nitrogens with one attached hydrogen (secondary N) is 1. The number of thiazole rings is 1. The van der Waals surface area contributed by atoms with E-state index in [1.165, 1.54) is 0 Å². The van der Waals surface area contributed by atoms with E-state index in [1.807, 2.05) is 33.1 Å². The van der Waals surface area contributed by atoms with Crippen LogP contribution in [0.5, 0.6) is 0 Å². The SMILES string of the molecule is C[C@H](NS(=O)C(C)(C)C)c1nc(Br)cs1. The largest absolute Gasteiger partial charge is 0.242 e. The molecule has 1 aromatic heterocycles. The summed E-state index contributed by atoms with van der Waals surface area (Å²) in [5.74, 6) is 0. The predicted octanol–water partition coefficient (Wildman–Crippen LogP) is 3.02. The number of aromatic nitrogens is 1. The Labute approximate surface area is 105 Å². The molecule has 0 bridgehead atoms. The maximum Gasteiger partial charge on any atom is 0.117 e. The lowest BCUT2D eigenvalue weighted by molar-refractivity contribution is 0.615. The molecular formula is C9H15BrN2OS2. The van der Waals surface area contributed by atoms with Crippen LogP contribution in [0, 0.1) is 0 Å². The summed E-state index contributed by atoms with van der Waals surface area (Å²) >= 11 is 4.86. The van der Waals surface area contributed by atoms with Gasteiger partial charge in [0.2, 0.25) is 0 Å². The van der Waals surface area contributed by atoms with Crippen LogP contribution in [0.2, 0.25) is 0 Å². The Morgan fingerprint density at radius 3 is 2.60 bits per heavy atom. The first kappa shape index (κ1) is 13.3. The van der Waals surface area contributed by atoms with Crippen molar-refractivity contribution in [2.45, 2.75) is 38.5 Å². The first-order valence-corrected chi connectivity index (χ1v) is 7.42. The molecule has 0 spiro atoms. The van der Waals surface area contributed by atoms with Crippen molar-refractivity contribution in [1.82, 2.24) is 9.71 Å². The molecule has 1 N–H and O–H groups in total. The second-order valence-corrected chi connectivity index (χ2v) is 7.93. The monoisotopic (exact) mass is 310 g/mol. The Morgan fingerprint density at radius 2 is 2.20 bits per heavy atom. The fourth-order valence-electron chi connectivity index (χ4n) is 0.854. The molecule has 0 aliphatic carbocycles. The highest BCUT2D eigenvalue weighted by atomic mass is 79.9. The van der Waals surface area contributed by atoms with E-state index in [0.29, 0.717) is 0 Å². The van der Waals surface area contributed by atoms with Crippen molar-refractivity contribution in [2.24, 2.45) is 0 Å². The van der Waals surface area contributed by atoms with Gasteiger partial charge < -0.3 is 0 Å². The minimum absolute atomic E-state index is 0.0151. The van der Waals surface area contributed by atoms with Crippen LogP contribution < -0.4 is 4.72 Å². The van der Waals surface area contributed by atoms with Crippen LogP contribution in [0.15, 0.2) is 9.98 Å². The van der Waals surface area contributed by atoms with Crippen molar-refractivity contribution in [3.8, 4) is 0 Å². The molecule has 0 radical (unpaired) electrons. The number of halogens is 1. The van der Waals surface area contributed by atoms with Crippen molar-refractivity contribution in [2.75, 3.05) is 0 Å². The lowest BCUT2D eigenvalue weighted by Crippen LogP contribution is -2.34. The highest BCUT2D eigenvalue weighted by molar-refractivity contribution is 9.10. The van der Waals surface area contributed by atoms with Gasteiger partial charge in [0.15, 0.2) is 0 Å². The Bertz CT molecular complexity index is 359. The lowest BCUT2D eigenvalue weighted by Gasteiger charge is -2.20. The molecule has 1 rings (SSSR count). The van der Waals surface area contributed by atoms with Crippen molar-refractivity contribution < 1.29 is 4.21 Å². The first-order valence-electron chi connectivity index (χ1n) is 4.59. The van der Waals surface area contributed by atoms with Crippen LogP contribution in [-0.4, -0.2) is 13.9 Å². The summed E-state index contributed by atoms with van der Waals surface area (Å²) in [6.07, 6.45) is 0. The van der Waals surface area contributed by atoms with Crippen LogP contribution >= 0.6 is 27.3 Å². The highest BCUT2D eigenvalue weighted by Gasteiger charge is 2.22. The maximum absolute atomic E-state index is 11.8. The molecule has 0 aliphatic heterocycles. The molecule has 86 valence electrons. The summed E-state index contributed by atoms with van der Waals surface area (Å²) in [6, 6.07) is 0.0151. The summed E-state index contributed by atoms with van der Waals surface area (Å²) in [4.78, 5) is 4.28. The van der Waals surface area contributed by atoms with Gasteiger partial charge in [-0.3, -0.25) is 0 Å². The Morgan fingerprint density at radius 1 is 1.60 bits per heavy atom. The van der Waals surface area contributed by atoms with E-state index in [-0.39, 0.29) is 10.8 Å². The first-order chi connectivity index (χ1) is 6.80. The van der Waals surface area contributed by atoms with E-state index in [9.17, 15) is 4.21 Å². The third-order valence-corrected chi connectivity index (χ3v) is 5.12. The topological polar surface area (TPSA) is 42.0 Å². The van der Waals surface area contributed by atoms with Gasteiger partial charge in [-0.15, -0.1) is 11.3 Å².